The van der Waals surface area contributed by atoms with Crippen molar-refractivity contribution < 1.29 is 14.3 Å². The number of nitrogens with one attached hydrogen (secondary N) is 1. The largest absolute Gasteiger partial charge is 0.444 e. The van der Waals surface area contributed by atoms with Gasteiger partial charge >= 0.3 is 6.09 Å². The first-order valence-corrected chi connectivity index (χ1v) is 6.49. The zero-order valence-corrected chi connectivity index (χ0v) is 11.6. The van der Waals surface area contributed by atoms with E-state index in [2.05, 4.69) is 5.32 Å². The fraction of sp³-hybridized carbons (Fsp3) is 0.846. The lowest BCUT2D eigenvalue weighted by molar-refractivity contribution is -0.120. The molecule has 0 aromatic heterocycles. The summed E-state index contributed by atoms with van der Waals surface area (Å²) in [5, 5.41) is 3.01. The Kier molecular flexibility index (Phi) is 3.03. The molecule has 18 heavy (non-hydrogen) atoms. The molecule has 1 heterocycles. The lowest BCUT2D eigenvalue weighted by atomic mass is 9.99. The average Bonchev–Trinajstić information content (AvgIpc) is 2.70. The summed E-state index contributed by atoms with van der Waals surface area (Å²) in [5.74, 6) is -0.0262. The van der Waals surface area contributed by atoms with Crippen molar-refractivity contribution in [1.82, 2.24) is 10.2 Å². The summed E-state index contributed by atoms with van der Waals surface area (Å²) in [5.41, 5.74) is -0.687. The normalized spacial score (nSPS) is 30.4. The Bertz CT molecular complexity index is 375. The Morgan fingerprint density at radius 3 is 2.61 bits per heavy atom. The molecule has 102 valence electrons. The molecule has 2 rings (SSSR count). The highest BCUT2D eigenvalue weighted by molar-refractivity contribution is 5.75. The van der Waals surface area contributed by atoms with E-state index in [0.29, 0.717) is 6.54 Å². The SMILES string of the molecule is CC(=O)NC12CCC(C1)N(C(=O)OC(C)(C)C)C2. The number of nitrogens with zero attached hydrogens (tertiary/aromatic N) is 1. The fourth-order valence-corrected chi connectivity index (χ4v) is 3.02. The zero-order valence-electron chi connectivity index (χ0n) is 11.6. The summed E-state index contributed by atoms with van der Waals surface area (Å²) < 4.78 is 5.40. The van der Waals surface area contributed by atoms with Crippen molar-refractivity contribution in [2.24, 2.45) is 0 Å². The quantitative estimate of drug-likeness (QED) is 0.774. The van der Waals surface area contributed by atoms with Crippen LogP contribution >= 0.6 is 0 Å². The van der Waals surface area contributed by atoms with Crippen molar-refractivity contribution >= 4 is 12.0 Å². The molecule has 0 aromatic rings. The van der Waals surface area contributed by atoms with Crippen LogP contribution in [-0.4, -0.2) is 40.6 Å². The van der Waals surface area contributed by atoms with Gasteiger partial charge in [0.25, 0.3) is 0 Å². The lowest BCUT2D eigenvalue weighted by Crippen LogP contribution is -2.52. The maximum atomic E-state index is 12.1. The summed E-state index contributed by atoms with van der Waals surface area (Å²) in [7, 11) is 0. The third-order valence-corrected chi connectivity index (χ3v) is 3.57. The van der Waals surface area contributed by atoms with Gasteiger partial charge < -0.3 is 15.0 Å². The highest BCUT2D eigenvalue weighted by Crippen LogP contribution is 2.41. The van der Waals surface area contributed by atoms with Crippen molar-refractivity contribution in [1.29, 1.82) is 0 Å². The molecule has 2 fully saturated rings. The number of carbonyl (C=O) groups excluding carboxylic acids is 2. The van der Waals surface area contributed by atoms with Gasteiger partial charge in [-0.15, -0.1) is 0 Å². The van der Waals surface area contributed by atoms with Gasteiger partial charge in [0.15, 0.2) is 0 Å². The zero-order chi connectivity index (χ0) is 13.6. The topological polar surface area (TPSA) is 58.6 Å². The standard InChI is InChI=1S/C13H22N2O3/c1-9(16)14-13-6-5-10(7-13)15(8-13)11(17)18-12(2,3)4/h10H,5-8H2,1-4H3,(H,14,16). The van der Waals surface area contributed by atoms with E-state index in [0.717, 1.165) is 19.3 Å². The number of amides is 2. The van der Waals surface area contributed by atoms with E-state index in [9.17, 15) is 9.59 Å². The highest BCUT2D eigenvalue weighted by atomic mass is 16.6. The van der Waals surface area contributed by atoms with Gasteiger partial charge in [0.2, 0.25) is 5.91 Å². The molecule has 0 spiro atoms. The Labute approximate surface area is 108 Å². The predicted molar refractivity (Wildman–Crippen MR) is 67.1 cm³/mol. The number of hydrogen-bond donors (Lipinski definition) is 1. The van der Waals surface area contributed by atoms with Gasteiger partial charge in [0.1, 0.15) is 5.60 Å². The van der Waals surface area contributed by atoms with E-state index in [-0.39, 0.29) is 23.6 Å². The van der Waals surface area contributed by atoms with Crippen molar-refractivity contribution in [3.63, 3.8) is 0 Å². The minimum Gasteiger partial charge on any atom is -0.444 e. The van der Waals surface area contributed by atoms with Crippen LogP contribution in [0.1, 0.15) is 47.0 Å². The second-order valence-corrected chi connectivity index (χ2v) is 6.47. The maximum absolute atomic E-state index is 12.1. The van der Waals surface area contributed by atoms with Gasteiger partial charge in [-0.25, -0.2) is 4.79 Å². The predicted octanol–water partition coefficient (Wildman–Crippen LogP) is 1.66. The number of ether oxygens (including phenoxy) is 1. The van der Waals surface area contributed by atoms with Crippen molar-refractivity contribution in [2.45, 2.75) is 64.1 Å². The third-order valence-electron chi connectivity index (χ3n) is 3.57. The monoisotopic (exact) mass is 254 g/mol. The number of fused-ring (bicyclic) bond motifs is 2. The molecule has 2 aliphatic rings. The van der Waals surface area contributed by atoms with Gasteiger partial charge in [-0.1, -0.05) is 0 Å². The van der Waals surface area contributed by atoms with Crippen LogP contribution in [0.15, 0.2) is 0 Å². The molecule has 5 nitrogen and oxygen atoms in total. The van der Waals surface area contributed by atoms with E-state index in [1.807, 2.05) is 20.8 Å². The third kappa shape index (κ3) is 2.60. The van der Waals surface area contributed by atoms with Gasteiger partial charge in [0.05, 0.1) is 5.54 Å². The fourth-order valence-electron chi connectivity index (χ4n) is 3.02. The number of hydrogen-bond acceptors (Lipinski definition) is 3. The Morgan fingerprint density at radius 1 is 1.39 bits per heavy atom. The molecule has 5 heteroatoms. The van der Waals surface area contributed by atoms with Crippen molar-refractivity contribution in [3.8, 4) is 0 Å². The van der Waals surface area contributed by atoms with Crippen LogP contribution < -0.4 is 5.32 Å². The summed E-state index contributed by atoms with van der Waals surface area (Å²) in [4.78, 5) is 25.1. The summed E-state index contributed by atoms with van der Waals surface area (Å²) in [6.07, 6.45) is 2.49. The summed E-state index contributed by atoms with van der Waals surface area (Å²) in [6.45, 7) is 7.69. The van der Waals surface area contributed by atoms with Gasteiger partial charge in [-0.3, -0.25) is 4.79 Å². The van der Waals surface area contributed by atoms with Gasteiger partial charge in [-0.2, -0.15) is 0 Å². The van der Waals surface area contributed by atoms with E-state index >= 15 is 0 Å². The molecular weight excluding hydrogens is 232 g/mol. The van der Waals surface area contributed by atoms with E-state index in [1.54, 1.807) is 4.90 Å². The van der Waals surface area contributed by atoms with Gasteiger partial charge in [-0.05, 0) is 40.0 Å². The smallest absolute Gasteiger partial charge is 0.410 e. The molecule has 1 saturated heterocycles. The molecule has 0 aromatic carbocycles. The van der Waals surface area contributed by atoms with E-state index in [1.165, 1.54) is 6.92 Å². The average molecular weight is 254 g/mol. The first-order valence-electron chi connectivity index (χ1n) is 6.49. The second-order valence-electron chi connectivity index (χ2n) is 6.47. The molecule has 0 radical (unpaired) electrons. The van der Waals surface area contributed by atoms with E-state index in [4.69, 9.17) is 4.74 Å². The van der Waals surface area contributed by atoms with Crippen LogP contribution in [0.4, 0.5) is 4.79 Å². The first-order chi connectivity index (χ1) is 8.21. The van der Waals surface area contributed by atoms with Gasteiger partial charge in [0, 0.05) is 19.5 Å². The molecule has 1 N–H and O–H groups in total. The molecule has 1 aliphatic heterocycles. The van der Waals surface area contributed by atoms with Crippen molar-refractivity contribution in [2.75, 3.05) is 6.54 Å². The molecule has 2 bridgehead atoms. The minimum absolute atomic E-state index is 0.0262. The summed E-state index contributed by atoms with van der Waals surface area (Å²) >= 11 is 0. The van der Waals surface area contributed by atoms with Crippen LogP contribution in [0.3, 0.4) is 0 Å². The van der Waals surface area contributed by atoms with Crippen LogP contribution in [0, 0.1) is 0 Å². The molecule has 1 aliphatic carbocycles. The first kappa shape index (κ1) is 13.2. The number of likely N-dealkylation sites (tertiary alicyclic amines) is 1. The molecule has 2 atom stereocenters. The maximum Gasteiger partial charge on any atom is 0.410 e. The number of rotatable bonds is 1. The Morgan fingerprint density at radius 2 is 2.06 bits per heavy atom. The van der Waals surface area contributed by atoms with Crippen molar-refractivity contribution in [3.05, 3.63) is 0 Å². The summed E-state index contributed by atoms with van der Waals surface area (Å²) in [6, 6.07) is 0.215. The molecule has 1 saturated carbocycles. The Balaban J connectivity index is 2.02. The number of piperidine rings is 1. The highest BCUT2D eigenvalue weighted by Gasteiger charge is 2.52. The number of carbonyl (C=O) groups is 2. The molecular formula is C13H22N2O3. The van der Waals surface area contributed by atoms with Crippen LogP contribution in [0.2, 0.25) is 0 Å². The van der Waals surface area contributed by atoms with E-state index < -0.39 is 5.60 Å². The van der Waals surface area contributed by atoms with Crippen LogP contribution in [0.25, 0.3) is 0 Å². The second kappa shape index (κ2) is 4.14. The molecule has 2 amide bonds. The lowest BCUT2D eigenvalue weighted by Gasteiger charge is -2.34. The van der Waals surface area contributed by atoms with Crippen LogP contribution in [0.5, 0.6) is 0 Å². The Hall–Kier alpha value is -1.26. The van der Waals surface area contributed by atoms with Crippen LogP contribution in [-0.2, 0) is 9.53 Å². The molecule has 2 unspecified atom stereocenters. The minimum atomic E-state index is -0.472.